The van der Waals surface area contributed by atoms with E-state index in [4.69, 9.17) is 0 Å². The highest BCUT2D eigenvalue weighted by Gasteiger charge is 2.21. The SMILES string of the molecule is c1ccc(-c2ccc(N(c3ccc(-c4ccc5c(ccc6ccccc65)c4)cc3)c3cccc(-c4cccc5c4c4cccc(-c6ccccc6)c4n5-c4ccccc4)c3)cc2)cc1. The van der Waals surface area contributed by atoms with Crippen molar-refractivity contribution in [2.24, 2.45) is 0 Å². The lowest BCUT2D eigenvalue weighted by molar-refractivity contribution is 1.18. The Morgan fingerprint density at radius 3 is 1.56 bits per heavy atom. The van der Waals surface area contributed by atoms with Gasteiger partial charge in [0.2, 0.25) is 0 Å². The summed E-state index contributed by atoms with van der Waals surface area (Å²) < 4.78 is 2.44. The fourth-order valence-corrected chi connectivity index (χ4v) is 9.74. The molecule has 0 radical (unpaired) electrons. The van der Waals surface area contributed by atoms with E-state index in [1.165, 1.54) is 82.3 Å². The van der Waals surface area contributed by atoms with Crippen molar-refractivity contribution in [3.8, 4) is 50.2 Å². The number of anilines is 3. The fraction of sp³-hybridized carbons (Fsp3) is 0. The largest absolute Gasteiger partial charge is 0.310 e. The van der Waals surface area contributed by atoms with Crippen LogP contribution in [0.5, 0.6) is 0 Å². The summed E-state index contributed by atoms with van der Waals surface area (Å²) in [7, 11) is 0. The van der Waals surface area contributed by atoms with Crippen LogP contribution in [0.25, 0.3) is 93.5 Å². The Kier molecular flexibility index (Phi) is 9.20. The van der Waals surface area contributed by atoms with Gasteiger partial charge in [0, 0.05) is 39.1 Å². The summed E-state index contributed by atoms with van der Waals surface area (Å²) in [5.74, 6) is 0. The first-order chi connectivity index (χ1) is 31.7. The topological polar surface area (TPSA) is 8.17 Å². The molecule has 0 spiro atoms. The number of aromatic nitrogens is 1. The van der Waals surface area contributed by atoms with Crippen LogP contribution in [0.3, 0.4) is 0 Å². The first-order valence-corrected chi connectivity index (χ1v) is 22.0. The van der Waals surface area contributed by atoms with Crippen molar-refractivity contribution >= 4 is 60.4 Å². The summed E-state index contributed by atoms with van der Waals surface area (Å²) in [5.41, 5.74) is 16.3. The van der Waals surface area contributed by atoms with Gasteiger partial charge in [0.1, 0.15) is 0 Å². The van der Waals surface area contributed by atoms with Crippen LogP contribution in [0, 0.1) is 0 Å². The number of rotatable bonds is 8. The van der Waals surface area contributed by atoms with E-state index in [9.17, 15) is 0 Å². The lowest BCUT2D eigenvalue weighted by Gasteiger charge is -2.26. The third-order valence-corrected chi connectivity index (χ3v) is 12.8. The van der Waals surface area contributed by atoms with Gasteiger partial charge < -0.3 is 9.47 Å². The monoisotopic (exact) mass is 814 g/mol. The van der Waals surface area contributed by atoms with E-state index in [0.29, 0.717) is 0 Å². The van der Waals surface area contributed by atoms with Gasteiger partial charge in [-0.2, -0.15) is 0 Å². The van der Waals surface area contributed by atoms with Gasteiger partial charge in [0.25, 0.3) is 0 Å². The molecule has 64 heavy (non-hydrogen) atoms. The zero-order valence-corrected chi connectivity index (χ0v) is 35.1. The maximum Gasteiger partial charge on any atom is 0.0619 e. The molecular weight excluding hydrogens is 773 g/mol. The molecule has 0 N–H and O–H groups in total. The van der Waals surface area contributed by atoms with E-state index in [-0.39, 0.29) is 0 Å². The molecule has 0 bridgehead atoms. The van der Waals surface area contributed by atoms with Gasteiger partial charge in [-0.1, -0.05) is 194 Å². The van der Waals surface area contributed by atoms with Crippen LogP contribution >= 0.6 is 0 Å². The van der Waals surface area contributed by atoms with Gasteiger partial charge in [0.15, 0.2) is 0 Å². The number of nitrogens with zero attached hydrogens (tertiary/aromatic N) is 2. The molecule has 12 rings (SSSR count). The predicted molar refractivity (Wildman–Crippen MR) is 272 cm³/mol. The molecule has 0 atom stereocenters. The van der Waals surface area contributed by atoms with E-state index in [0.717, 1.165) is 28.3 Å². The van der Waals surface area contributed by atoms with Crippen LogP contribution in [-0.4, -0.2) is 4.57 Å². The smallest absolute Gasteiger partial charge is 0.0619 e. The van der Waals surface area contributed by atoms with Gasteiger partial charge in [-0.25, -0.2) is 0 Å². The van der Waals surface area contributed by atoms with Crippen LogP contribution in [0.4, 0.5) is 17.1 Å². The molecule has 2 heteroatoms. The van der Waals surface area contributed by atoms with Crippen LogP contribution in [0.1, 0.15) is 0 Å². The minimum absolute atomic E-state index is 1.09. The molecule has 0 saturated heterocycles. The lowest BCUT2D eigenvalue weighted by atomic mass is 9.96. The minimum Gasteiger partial charge on any atom is -0.310 e. The van der Waals surface area contributed by atoms with Crippen molar-refractivity contribution in [3.63, 3.8) is 0 Å². The third kappa shape index (κ3) is 6.52. The summed E-state index contributed by atoms with van der Waals surface area (Å²) in [5, 5.41) is 7.54. The van der Waals surface area contributed by atoms with Crippen molar-refractivity contribution in [3.05, 3.63) is 255 Å². The van der Waals surface area contributed by atoms with Gasteiger partial charge in [-0.15, -0.1) is 0 Å². The highest BCUT2D eigenvalue weighted by molar-refractivity contribution is 6.19. The molecule has 0 fully saturated rings. The van der Waals surface area contributed by atoms with E-state index < -0.39 is 0 Å². The van der Waals surface area contributed by atoms with Crippen LogP contribution in [0.2, 0.25) is 0 Å². The summed E-state index contributed by atoms with van der Waals surface area (Å²) in [4.78, 5) is 2.38. The van der Waals surface area contributed by atoms with Gasteiger partial charge >= 0.3 is 0 Å². The predicted octanol–water partition coefficient (Wildman–Crippen LogP) is 17.2. The quantitative estimate of drug-likeness (QED) is 0.139. The van der Waals surface area contributed by atoms with Crippen molar-refractivity contribution in [1.29, 1.82) is 0 Å². The second-order valence-corrected chi connectivity index (χ2v) is 16.5. The summed E-state index contributed by atoms with van der Waals surface area (Å²) >= 11 is 0. The first kappa shape index (κ1) is 37.3. The summed E-state index contributed by atoms with van der Waals surface area (Å²) in [6, 6.07) is 92.6. The van der Waals surface area contributed by atoms with Crippen molar-refractivity contribution in [1.82, 2.24) is 4.57 Å². The Bertz CT molecular complexity index is 3630. The normalized spacial score (nSPS) is 11.4. The molecule has 1 heterocycles. The highest BCUT2D eigenvalue weighted by atomic mass is 15.1. The van der Waals surface area contributed by atoms with Crippen LogP contribution in [0.15, 0.2) is 255 Å². The van der Waals surface area contributed by atoms with E-state index in [1.807, 2.05) is 0 Å². The molecule has 12 aromatic rings. The Balaban J connectivity index is 0.999. The third-order valence-electron chi connectivity index (χ3n) is 12.8. The molecule has 1 aromatic heterocycles. The molecule has 0 amide bonds. The van der Waals surface area contributed by atoms with E-state index in [1.54, 1.807) is 0 Å². The van der Waals surface area contributed by atoms with E-state index in [2.05, 4.69) is 264 Å². The maximum absolute atomic E-state index is 2.44. The average Bonchev–Trinajstić information content (AvgIpc) is 3.72. The first-order valence-electron chi connectivity index (χ1n) is 22.0. The van der Waals surface area contributed by atoms with Gasteiger partial charge in [-0.3, -0.25) is 0 Å². The Morgan fingerprint density at radius 1 is 0.281 bits per heavy atom. The zero-order valence-electron chi connectivity index (χ0n) is 35.1. The Morgan fingerprint density at radius 2 is 0.812 bits per heavy atom. The number of para-hydroxylation sites is 2. The molecule has 2 nitrogen and oxygen atoms in total. The highest BCUT2D eigenvalue weighted by Crippen LogP contribution is 2.44. The van der Waals surface area contributed by atoms with Crippen molar-refractivity contribution in [2.45, 2.75) is 0 Å². The number of hydrogen-bond acceptors (Lipinski definition) is 1. The molecular formula is C62H42N2. The van der Waals surface area contributed by atoms with Crippen molar-refractivity contribution in [2.75, 3.05) is 4.90 Å². The summed E-state index contributed by atoms with van der Waals surface area (Å²) in [6.07, 6.45) is 0. The molecule has 0 aliphatic heterocycles. The van der Waals surface area contributed by atoms with Crippen molar-refractivity contribution < 1.29 is 0 Å². The lowest BCUT2D eigenvalue weighted by Crippen LogP contribution is -2.10. The minimum atomic E-state index is 1.09. The van der Waals surface area contributed by atoms with Crippen LogP contribution in [-0.2, 0) is 0 Å². The number of fused-ring (bicyclic) bond motifs is 6. The molecule has 11 aromatic carbocycles. The fourth-order valence-electron chi connectivity index (χ4n) is 9.74. The Labute approximate surface area is 373 Å². The molecule has 0 aliphatic rings. The van der Waals surface area contributed by atoms with Crippen LogP contribution < -0.4 is 4.90 Å². The van der Waals surface area contributed by atoms with E-state index >= 15 is 0 Å². The maximum atomic E-state index is 2.44. The van der Waals surface area contributed by atoms with Gasteiger partial charge in [0.05, 0.1) is 11.0 Å². The molecule has 0 aliphatic carbocycles. The standard InChI is InChI=1S/C62H42N2/c1-4-15-43(16-5-1)44-31-36-52(37-32-44)63(53-38-33-45(34-39-53)48-35-40-56-50(41-48)30-29-47-19-10-11-24-55(47)56)54-23-12-20-49(42-54)57-25-14-28-60-61(57)59-27-13-26-58(46-17-6-2-7-18-46)62(59)64(60)51-21-8-3-9-22-51/h1-42H. The molecule has 300 valence electrons. The molecule has 0 unspecified atom stereocenters. The number of benzene rings is 11. The zero-order chi connectivity index (χ0) is 42.4. The molecule has 0 saturated carbocycles. The summed E-state index contributed by atoms with van der Waals surface area (Å²) in [6.45, 7) is 0. The Hall–Kier alpha value is -8.46. The average molecular weight is 815 g/mol. The second kappa shape index (κ2) is 15.8. The number of hydrogen-bond donors (Lipinski definition) is 0. The van der Waals surface area contributed by atoms with Gasteiger partial charge in [-0.05, 0) is 121 Å². The second-order valence-electron chi connectivity index (χ2n) is 16.5.